The van der Waals surface area contributed by atoms with Crippen LogP contribution in [-0.2, 0) is 19.9 Å². The zero-order valence-electron chi connectivity index (χ0n) is 19.1. The Bertz CT molecular complexity index is 1170. The lowest BCUT2D eigenvalue weighted by atomic mass is 9.91. The number of nitrogens with zero attached hydrogens (tertiary/aromatic N) is 7. The SMILES string of the molecule is Cn1nc2c(c1-c1ccccc1)-c1nc(N=C(N)CC=NCCN3CCCC3)ncc1CC2. The fourth-order valence-corrected chi connectivity index (χ4v) is 4.66. The van der Waals surface area contributed by atoms with Crippen LogP contribution < -0.4 is 5.73 Å². The average Bonchev–Trinajstić information content (AvgIpc) is 3.46. The summed E-state index contributed by atoms with van der Waals surface area (Å²) in [5, 5.41) is 4.78. The van der Waals surface area contributed by atoms with Crippen molar-refractivity contribution in [1.29, 1.82) is 0 Å². The largest absolute Gasteiger partial charge is 0.387 e. The molecule has 0 bridgehead atoms. The molecule has 0 amide bonds. The Balaban J connectivity index is 1.35. The van der Waals surface area contributed by atoms with Crippen molar-refractivity contribution in [1.82, 2.24) is 24.6 Å². The number of rotatable bonds is 7. The molecule has 0 saturated carbocycles. The summed E-state index contributed by atoms with van der Waals surface area (Å²) >= 11 is 0. The third kappa shape index (κ3) is 4.71. The summed E-state index contributed by atoms with van der Waals surface area (Å²) in [5.74, 6) is 0.845. The number of aromatic nitrogens is 4. The van der Waals surface area contributed by atoms with Crippen LogP contribution in [0, 0.1) is 0 Å². The maximum absolute atomic E-state index is 6.16. The first kappa shape index (κ1) is 21.5. The van der Waals surface area contributed by atoms with E-state index in [-0.39, 0.29) is 0 Å². The van der Waals surface area contributed by atoms with E-state index in [2.05, 4.69) is 32.0 Å². The topological polar surface area (TPSA) is 97.6 Å². The van der Waals surface area contributed by atoms with Gasteiger partial charge in [0.1, 0.15) is 5.84 Å². The quantitative estimate of drug-likeness (QED) is 0.448. The summed E-state index contributed by atoms with van der Waals surface area (Å²) in [6.45, 7) is 4.20. The van der Waals surface area contributed by atoms with E-state index in [1.165, 1.54) is 25.9 Å². The number of aliphatic imine (C=N–C) groups is 2. The molecule has 2 N–H and O–H groups in total. The summed E-state index contributed by atoms with van der Waals surface area (Å²) in [7, 11) is 1.99. The second-order valence-electron chi connectivity index (χ2n) is 8.65. The molecule has 2 aromatic heterocycles. The van der Waals surface area contributed by atoms with Crippen LogP contribution in [0.4, 0.5) is 5.95 Å². The minimum Gasteiger partial charge on any atom is -0.387 e. The molecule has 8 nitrogen and oxygen atoms in total. The molecule has 3 aromatic rings. The average molecular weight is 443 g/mol. The Kier molecular flexibility index (Phi) is 6.26. The number of hydrogen-bond acceptors (Lipinski definition) is 6. The minimum atomic E-state index is 0.382. The molecule has 8 heteroatoms. The summed E-state index contributed by atoms with van der Waals surface area (Å²) in [6, 6.07) is 10.3. The fraction of sp³-hybridized carbons (Fsp3) is 0.400. The van der Waals surface area contributed by atoms with Crippen molar-refractivity contribution in [2.75, 3.05) is 26.2 Å². The van der Waals surface area contributed by atoms with Gasteiger partial charge in [0.05, 0.1) is 23.6 Å². The van der Waals surface area contributed by atoms with E-state index in [0.29, 0.717) is 18.2 Å². The Hall–Kier alpha value is -3.39. The monoisotopic (exact) mass is 442 g/mol. The molecule has 33 heavy (non-hydrogen) atoms. The van der Waals surface area contributed by atoms with Gasteiger partial charge >= 0.3 is 0 Å². The predicted octanol–water partition coefficient (Wildman–Crippen LogP) is 3.19. The highest BCUT2D eigenvalue weighted by atomic mass is 15.3. The van der Waals surface area contributed by atoms with Gasteiger partial charge < -0.3 is 10.6 Å². The minimum absolute atomic E-state index is 0.382. The Morgan fingerprint density at radius 2 is 1.97 bits per heavy atom. The highest BCUT2D eigenvalue weighted by molar-refractivity contribution is 5.94. The number of amidine groups is 1. The van der Waals surface area contributed by atoms with Crippen molar-refractivity contribution in [3.8, 4) is 22.5 Å². The van der Waals surface area contributed by atoms with E-state index >= 15 is 0 Å². The summed E-state index contributed by atoms with van der Waals surface area (Å²) in [5.41, 5.74) is 12.5. The predicted molar refractivity (Wildman–Crippen MR) is 132 cm³/mol. The van der Waals surface area contributed by atoms with E-state index in [1.807, 2.05) is 42.3 Å². The van der Waals surface area contributed by atoms with Crippen molar-refractivity contribution in [3.05, 3.63) is 47.8 Å². The number of hydrogen-bond donors (Lipinski definition) is 1. The van der Waals surface area contributed by atoms with Gasteiger partial charge in [0.25, 0.3) is 5.95 Å². The van der Waals surface area contributed by atoms with Crippen LogP contribution in [-0.4, -0.2) is 62.9 Å². The lowest BCUT2D eigenvalue weighted by Gasteiger charge is -2.16. The third-order valence-electron chi connectivity index (χ3n) is 6.30. The van der Waals surface area contributed by atoms with Crippen LogP contribution in [0.5, 0.6) is 0 Å². The molecule has 1 aliphatic carbocycles. The number of fused-ring (bicyclic) bond motifs is 3. The highest BCUT2D eigenvalue weighted by Crippen LogP contribution is 2.39. The normalized spacial score (nSPS) is 16.3. The van der Waals surface area contributed by atoms with Crippen LogP contribution in [0.1, 0.15) is 30.5 Å². The lowest BCUT2D eigenvalue weighted by Crippen LogP contribution is -2.22. The van der Waals surface area contributed by atoms with E-state index in [1.54, 1.807) is 0 Å². The standard InChI is InChI=1S/C25H30N8/c1-32-24(18-7-3-2-4-8-18)22-20(31-32)10-9-19-17-28-25(30-23(19)22)29-21(26)11-12-27-13-16-33-14-5-6-15-33/h2-4,7-8,12,17H,5-6,9-11,13-16H2,1H3,(H2,26,28,29,30). The van der Waals surface area contributed by atoms with Gasteiger partial charge in [-0.15, -0.1) is 0 Å². The molecule has 0 atom stereocenters. The highest BCUT2D eigenvalue weighted by Gasteiger charge is 2.26. The van der Waals surface area contributed by atoms with E-state index in [4.69, 9.17) is 15.8 Å². The zero-order chi connectivity index (χ0) is 22.6. The van der Waals surface area contributed by atoms with E-state index < -0.39 is 0 Å². The van der Waals surface area contributed by atoms with Crippen LogP contribution in [0.2, 0.25) is 0 Å². The Morgan fingerprint density at radius 3 is 2.79 bits per heavy atom. The van der Waals surface area contributed by atoms with Crippen LogP contribution in [0.25, 0.3) is 22.5 Å². The fourth-order valence-electron chi connectivity index (χ4n) is 4.66. The number of benzene rings is 1. The van der Waals surface area contributed by atoms with Crippen LogP contribution in [0.15, 0.2) is 46.5 Å². The van der Waals surface area contributed by atoms with Crippen molar-refractivity contribution in [2.24, 2.45) is 22.8 Å². The molecule has 0 unspecified atom stereocenters. The van der Waals surface area contributed by atoms with Gasteiger partial charge in [0.15, 0.2) is 0 Å². The van der Waals surface area contributed by atoms with Gasteiger partial charge in [0, 0.05) is 43.6 Å². The lowest BCUT2D eigenvalue weighted by molar-refractivity contribution is 0.349. The second-order valence-corrected chi connectivity index (χ2v) is 8.65. The molecule has 1 fully saturated rings. The summed E-state index contributed by atoms with van der Waals surface area (Å²) in [6.07, 6.45) is 8.58. The molecular weight excluding hydrogens is 412 g/mol. The van der Waals surface area contributed by atoms with Gasteiger partial charge in [-0.25, -0.2) is 9.97 Å². The van der Waals surface area contributed by atoms with Gasteiger partial charge in [0.2, 0.25) is 0 Å². The maximum Gasteiger partial charge on any atom is 0.251 e. The van der Waals surface area contributed by atoms with Crippen LogP contribution >= 0.6 is 0 Å². The number of nitrogens with two attached hydrogens (primary N) is 1. The van der Waals surface area contributed by atoms with Crippen molar-refractivity contribution >= 4 is 18.0 Å². The molecule has 1 saturated heterocycles. The molecule has 3 heterocycles. The number of likely N-dealkylation sites (tertiary alicyclic amines) is 1. The molecule has 1 aliphatic heterocycles. The van der Waals surface area contributed by atoms with E-state index in [0.717, 1.165) is 59.7 Å². The number of aryl methyl sites for hydroxylation is 3. The van der Waals surface area contributed by atoms with Gasteiger partial charge in [-0.05, 0) is 44.3 Å². The molecular formula is C25H30N8. The molecule has 0 radical (unpaired) electrons. The van der Waals surface area contributed by atoms with Crippen molar-refractivity contribution in [2.45, 2.75) is 32.1 Å². The first-order chi connectivity index (χ1) is 16.2. The van der Waals surface area contributed by atoms with Gasteiger partial charge in [-0.1, -0.05) is 30.3 Å². The first-order valence-corrected chi connectivity index (χ1v) is 11.7. The molecule has 5 rings (SSSR count). The summed E-state index contributed by atoms with van der Waals surface area (Å²) in [4.78, 5) is 20.7. The van der Waals surface area contributed by atoms with E-state index in [9.17, 15) is 0 Å². The first-order valence-electron chi connectivity index (χ1n) is 11.7. The van der Waals surface area contributed by atoms with Crippen molar-refractivity contribution in [3.63, 3.8) is 0 Å². The van der Waals surface area contributed by atoms with Crippen LogP contribution in [0.3, 0.4) is 0 Å². The molecule has 170 valence electrons. The third-order valence-corrected chi connectivity index (χ3v) is 6.30. The molecule has 1 aromatic carbocycles. The zero-order valence-corrected chi connectivity index (χ0v) is 19.1. The Morgan fingerprint density at radius 1 is 1.15 bits per heavy atom. The summed E-state index contributed by atoms with van der Waals surface area (Å²) < 4.78 is 1.95. The second kappa shape index (κ2) is 9.62. The smallest absolute Gasteiger partial charge is 0.251 e. The van der Waals surface area contributed by atoms with Crippen molar-refractivity contribution < 1.29 is 0 Å². The molecule has 2 aliphatic rings. The molecule has 0 spiro atoms. The van der Waals surface area contributed by atoms with Gasteiger partial charge in [-0.3, -0.25) is 9.67 Å². The Labute approximate surface area is 194 Å². The van der Waals surface area contributed by atoms with Gasteiger partial charge in [-0.2, -0.15) is 10.1 Å². The maximum atomic E-state index is 6.16.